The number of phenolic OH excluding ortho intramolecular Hbond substituents is 4. The van der Waals surface area contributed by atoms with Crippen LogP contribution in [0.3, 0.4) is 0 Å². The fourth-order valence-electron chi connectivity index (χ4n) is 2.74. The van der Waals surface area contributed by atoms with Gasteiger partial charge in [-0.1, -0.05) is 18.5 Å². The lowest BCUT2D eigenvalue weighted by Crippen LogP contribution is -2.18. The highest BCUT2D eigenvalue weighted by atomic mass is 35.5. The van der Waals surface area contributed by atoms with Gasteiger partial charge in [0.05, 0.1) is 17.8 Å². The minimum Gasteiger partial charge on any atom is -0.507 e. The van der Waals surface area contributed by atoms with Gasteiger partial charge in [0.25, 0.3) is 0 Å². The number of esters is 1. The molecule has 1 unspecified atom stereocenters. The van der Waals surface area contributed by atoms with Crippen molar-refractivity contribution in [3.8, 4) is 28.7 Å². The van der Waals surface area contributed by atoms with Crippen molar-refractivity contribution in [3.63, 3.8) is 0 Å². The van der Waals surface area contributed by atoms with Crippen LogP contribution in [0.15, 0.2) is 18.2 Å². The Morgan fingerprint density at radius 2 is 1.77 bits per heavy atom. The van der Waals surface area contributed by atoms with Gasteiger partial charge >= 0.3 is 5.97 Å². The third-order valence-electron chi connectivity index (χ3n) is 4.21. The highest BCUT2D eigenvalue weighted by molar-refractivity contribution is 6.32. The van der Waals surface area contributed by atoms with Crippen LogP contribution in [-0.4, -0.2) is 45.5 Å². The van der Waals surface area contributed by atoms with Crippen molar-refractivity contribution in [1.82, 2.24) is 0 Å². The van der Waals surface area contributed by atoms with Gasteiger partial charge in [-0.15, -0.1) is 0 Å². The summed E-state index contributed by atoms with van der Waals surface area (Å²) in [7, 11) is 1.29. The molecule has 0 bridgehead atoms. The van der Waals surface area contributed by atoms with E-state index in [1.54, 1.807) is 6.92 Å². The van der Waals surface area contributed by atoms with Crippen molar-refractivity contribution >= 4 is 29.2 Å². The lowest BCUT2D eigenvalue weighted by atomic mass is 10.0. The monoisotopic (exact) mass is 439 g/mol. The zero-order valence-corrected chi connectivity index (χ0v) is 17.3. The standard InChI is InChI=1S/C20H22ClNO8/c1-4-17(26)22-13-7-16(25)19(29-3)11(18(13)27)5-9(2)30-20(28)10-6-12(21)15(24)8-14(10)23/h6-9,23-25,27H,4-5H2,1-3H3,(H,22,26). The molecule has 0 aliphatic rings. The van der Waals surface area contributed by atoms with Crippen LogP contribution in [0.1, 0.15) is 36.2 Å². The fraction of sp³-hybridized carbons (Fsp3) is 0.300. The van der Waals surface area contributed by atoms with E-state index in [4.69, 9.17) is 21.1 Å². The number of phenols is 4. The summed E-state index contributed by atoms with van der Waals surface area (Å²) in [4.78, 5) is 24.0. The molecular formula is C20H22ClNO8. The molecule has 0 fully saturated rings. The molecule has 0 saturated carbocycles. The number of carbonyl (C=O) groups is 2. The normalized spacial score (nSPS) is 11.6. The van der Waals surface area contributed by atoms with Gasteiger partial charge < -0.3 is 35.2 Å². The Morgan fingerprint density at radius 3 is 2.37 bits per heavy atom. The van der Waals surface area contributed by atoms with Gasteiger partial charge in [-0.25, -0.2) is 4.79 Å². The van der Waals surface area contributed by atoms with Gasteiger partial charge in [0, 0.05) is 30.5 Å². The molecule has 2 aromatic carbocycles. The van der Waals surface area contributed by atoms with E-state index in [1.165, 1.54) is 14.0 Å². The fourth-order valence-corrected chi connectivity index (χ4v) is 2.90. The number of nitrogens with one attached hydrogen (secondary N) is 1. The van der Waals surface area contributed by atoms with Crippen LogP contribution in [0.2, 0.25) is 5.02 Å². The van der Waals surface area contributed by atoms with Gasteiger partial charge in [-0.05, 0) is 13.0 Å². The van der Waals surface area contributed by atoms with Crippen LogP contribution in [0, 0.1) is 0 Å². The number of hydrogen-bond acceptors (Lipinski definition) is 8. The van der Waals surface area contributed by atoms with Crippen molar-refractivity contribution in [3.05, 3.63) is 34.3 Å². The Hall–Kier alpha value is -3.33. The molecule has 162 valence electrons. The van der Waals surface area contributed by atoms with E-state index >= 15 is 0 Å². The first-order valence-electron chi connectivity index (χ1n) is 8.93. The SMILES string of the molecule is CCC(=O)Nc1cc(O)c(OC)c(CC(C)OC(=O)c2cc(Cl)c(O)cc2O)c1O. The van der Waals surface area contributed by atoms with Gasteiger partial charge in [-0.3, -0.25) is 4.79 Å². The number of rotatable bonds is 7. The second-order valence-corrected chi connectivity index (χ2v) is 6.85. The van der Waals surface area contributed by atoms with E-state index in [9.17, 15) is 30.0 Å². The number of methoxy groups -OCH3 is 1. The molecular weight excluding hydrogens is 418 g/mol. The lowest BCUT2D eigenvalue weighted by molar-refractivity contribution is -0.115. The van der Waals surface area contributed by atoms with Crippen molar-refractivity contribution < 1.29 is 39.5 Å². The van der Waals surface area contributed by atoms with Gasteiger partial charge in [0.1, 0.15) is 28.9 Å². The molecule has 30 heavy (non-hydrogen) atoms. The van der Waals surface area contributed by atoms with Crippen LogP contribution in [0.4, 0.5) is 5.69 Å². The third kappa shape index (κ3) is 4.98. The van der Waals surface area contributed by atoms with E-state index in [1.807, 2.05) is 0 Å². The van der Waals surface area contributed by atoms with Crippen LogP contribution in [-0.2, 0) is 16.0 Å². The highest BCUT2D eigenvalue weighted by Gasteiger charge is 2.24. The predicted octanol–water partition coefficient (Wildman–Crippen LogP) is 3.31. The Bertz CT molecular complexity index is 976. The summed E-state index contributed by atoms with van der Waals surface area (Å²) in [5, 5.41) is 42.4. The second kappa shape index (κ2) is 9.45. The minimum absolute atomic E-state index is 0.0170. The zero-order valence-electron chi connectivity index (χ0n) is 16.5. The zero-order chi connectivity index (χ0) is 22.6. The molecule has 5 N–H and O–H groups in total. The molecule has 0 radical (unpaired) electrons. The van der Waals surface area contributed by atoms with Gasteiger partial charge in [0.2, 0.25) is 5.91 Å². The maximum absolute atomic E-state index is 12.4. The average Bonchev–Trinajstić information content (AvgIpc) is 2.68. The summed E-state index contributed by atoms with van der Waals surface area (Å²) in [5.41, 5.74) is -0.165. The quantitative estimate of drug-likeness (QED) is 0.251. The average molecular weight is 440 g/mol. The van der Waals surface area contributed by atoms with Crippen LogP contribution in [0.25, 0.3) is 0 Å². The molecule has 2 rings (SSSR count). The number of amides is 1. The molecule has 9 nitrogen and oxygen atoms in total. The molecule has 10 heteroatoms. The van der Waals surface area contributed by atoms with Crippen molar-refractivity contribution in [1.29, 1.82) is 0 Å². The van der Waals surface area contributed by atoms with Crippen LogP contribution < -0.4 is 10.1 Å². The molecule has 0 heterocycles. The number of carbonyl (C=O) groups excluding carboxylic acids is 2. The first-order valence-corrected chi connectivity index (χ1v) is 9.30. The van der Waals surface area contributed by atoms with E-state index in [2.05, 4.69) is 5.32 Å². The minimum atomic E-state index is -0.917. The molecule has 0 aromatic heterocycles. The molecule has 1 amide bonds. The highest BCUT2D eigenvalue weighted by Crippen LogP contribution is 2.43. The Morgan fingerprint density at radius 1 is 1.10 bits per heavy atom. The number of benzene rings is 2. The van der Waals surface area contributed by atoms with E-state index in [0.717, 1.165) is 18.2 Å². The van der Waals surface area contributed by atoms with E-state index in [0.29, 0.717) is 0 Å². The van der Waals surface area contributed by atoms with E-state index < -0.39 is 23.6 Å². The summed E-state index contributed by atoms with van der Waals surface area (Å²) in [6.45, 7) is 3.15. The largest absolute Gasteiger partial charge is 0.507 e. The van der Waals surface area contributed by atoms with Crippen LogP contribution >= 0.6 is 11.6 Å². The summed E-state index contributed by atoms with van der Waals surface area (Å²) < 4.78 is 10.4. The summed E-state index contributed by atoms with van der Waals surface area (Å²) in [5.74, 6) is -2.91. The summed E-state index contributed by atoms with van der Waals surface area (Å²) in [6, 6.07) is 3.13. The Balaban J connectivity index is 2.29. The van der Waals surface area contributed by atoms with E-state index in [-0.39, 0.29) is 57.8 Å². The number of aromatic hydroxyl groups is 4. The number of anilines is 1. The second-order valence-electron chi connectivity index (χ2n) is 6.45. The Labute approximate surface area is 177 Å². The number of hydrogen-bond donors (Lipinski definition) is 5. The molecule has 0 aliphatic heterocycles. The molecule has 0 aliphatic carbocycles. The van der Waals surface area contributed by atoms with Crippen molar-refractivity contribution in [2.24, 2.45) is 0 Å². The van der Waals surface area contributed by atoms with Gasteiger partial charge in [0.15, 0.2) is 11.5 Å². The molecule has 2 aromatic rings. The maximum Gasteiger partial charge on any atom is 0.342 e. The number of ether oxygens (including phenoxy) is 2. The van der Waals surface area contributed by atoms with Crippen molar-refractivity contribution in [2.45, 2.75) is 32.8 Å². The molecule has 0 saturated heterocycles. The third-order valence-corrected chi connectivity index (χ3v) is 4.52. The number of halogens is 1. The Kier molecular flexibility index (Phi) is 7.23. The molecule has 0 spiro atoms. The van der Waals surface area contributed by atoms with Crippen LogP contribution in [0.5, 0.6) is 28.7 Å². The maximum atomic E-state index is 12.4. The topological polar surface area (TPSA) is 146 Å². The predicted molar refractivity (Wildman–Crippen MR) is 109 cm³/mol. The summed E-state index contributed by atoms with van der Waals surface area (Å²) in [6.07, 6.45) is -0.772. The van der Waals surface area contributed by atoms with Gasteiger partial charge in [-0.2, -0.15) is 0 Å². The first-order chi connectivity index (χ1) is 14.1. The first kappa shape index (κ1) is 23.0. The smallest absolute Gasteiger partial charge is 0.342 e. The molecule has 1 atom stereocenters. The lowest BCUT2D eigenvalue weighted by Gasteiger charge is -2.19. The summed E-state index contributed by atoms with van der Waals surface area (Å²) >= 11 is 5.76. The van der Waals surface area contributed by atoms with Crippen molar-refractivity contribution in [2.75, 3.05) is 12.4 Å².